The summed E-state index contributed by atoms with van der Waals surface area (Å²) < 4.78 is 1.17. The molecule has 1 aromatic rings. The highest BCUT2D eigenvalue weighted by Gasteiger charge is 2.27. The fourth-order valence-electron chi connectivity index (χ4n) is 2.41. The lowest BCUT2D eigenvalue weighted by Crippen LogP contribution is -2.30. The summed E-state index contributed by atoms with van der Waals surface area (Å²) in [5, 5.41) is 3.50. The van der Waals surface area contributed by atoms with E-state index in [0.717, 1.165) is 19.0 Å². The van der Waals surface area contributed by atoms with Crippen molar-refractivity contribution >= 4 is 15.9 Å². The molecule has 1 fully saturated rings. The Labute approximate surface area is 107 Å². The zero-order chi connectivity index (χ0) is 11.4. The van der Waals surface area contributed by atoms with Crippen molar-refractivity contribution in [1.29, 1.82) is 0 Å². The smallest absolute Gasteiger partial charge is 0.0175 e. The van der Waals surface area contributed by atoms with E-state index in [4.69, 9.17) is 0 Å². The number of hydrogen-bond donors (Lipinski definition) is 1. The third-order valence-corrected chi connectivity index (χ3v) is 4.16. The van der Waals surface area contributed by atoms with Crippen LogP contribution in [0, 0.1) is 5.92 Å². The second-order valence-electron chi connectivity index (χ2n) is 4.66. The zero-order valence-electron chi connectivity index (χ0n) is 9.88. The number of rotatable bonds is 5. The summed E-state index contributed by atoms with van der Waals surface area (Å²) in [6, 6.07) is 8.86. The fraction of sp³-hybridized carbons (Fsp3) is 0.571. The van der Waals surface area contributed by atoms with E-state index < -0.39 is 0 Å². The predicted molar refractivity (Wildman–Crippen MR) is 72.8 cm³/mol. The molecule has 0 radical (unpaired) electrons. The average Bonchev–Trinajstić information content (AvgIpc) is 2.23. The van der Waals surface area contributed by atoms with E-state index in [-0.39, 0.29) is 0 Å². The van der Waals surface area contributed by atoms with Gasteiger partial charge in [0.15, 0.2) is 0 Å². The van der Waals surface area contributed by atoms with E-state index in [9.17, 15) is 0 Å². The van der Waals surface area contributed by atoms with E-state index in [2.05, 4.69) is 52.4 Å². The Bertz CT molecular complexity index is 316. The fourth-order valence-corrected chi connectivity index (χ4v) is 2.67. The van der Waals surface area contributed by atoms with Crippen LogP contribution in [0.1, 0.15) is 37.7 Å². The summed E-state index contributed by atoms with van der Waals surface area (Å²) in [5.74, 6) is 1.61. The third-order valence-electron chi connectivity index (χ3n) is 3.63. The molecule has 1 N–H and O–H groups in total. The minimum atomic E-state index is 0.710. The monoisotopic (exact) mass is 281 g/mol. The highest BCUT2D eigenvalue weighted by atomic mass is 79.9. The van der Waals surface area contributed by atoms with Crippen LogP contribution in [0.5, 0.6) is 0 Å². The number of hydrogen-bond acceptors (Lipinski definition) is 1. The van der Waals surface area contributed by atoms with Gasteiger partial charge in [-0.2, -0.15) is 0 Å². The van der Waals surface area contributed by atoms with Gasteiger partial charge in [0.1, 0.15) is 0 Å². The molecular weight excluding hydrogens is 262 g/mol. The third kappa shape index (κ3) is 2.86. The molecule has 0 heterocycles. The maximum Gasteiger partial charge on any atom is 0.0175 e. The summed E-state index contributed by atoms with van der Waals surface area (Å²) in [7, 11) is 0. The quantitative estimate of drug-likeness (QED) is 0.862. The maximum absolute atomic E-state index is 3.50. The predicted octanol–water partition coefficient (Wildman–Crippen LogP) is 3.94. The first-order valence-corrected chi connectivity index (χ1v) is 7.06. The number of benzene rings is 1. The maximum atomic E-state index is 3.50. The van der Waals surface area contributed by atoms with Gasteiger partial charge >= 0.3 is 0 Å². The number of halogens is 1. The topological polar surface area (TPSA) is 12.0 Å². The molecule has 16 heavy (non-hydrogen) atoms. The Kier molecular flexibility index (Phi) is 4.42. The molecule has 0 amide bonds. The van der Waals surface area contributed by atoms with Crippen molar-refractivity contribution in [3.05, 3.63) is 34.3 Å². The van der Waals surface area contributed by atoms with Crippen LogP contribution in [0.4, 0.5) is 0 Å². The van der Waals surface area contributed by atoms with Crippen molar-refractivity contribution in [2.24, 2.45) is 5.92 Å². The van der Waals surface area contributed by atoms with Gasteiger partial charge in [-0.05, 0) is 48.9 Å². The highest BCUT2D eigenvalue weighted by molar-refractivity contribution is 9.10. The van der Waals surface area contributed by atoms with E-state index in [0.29, 0.717) is 5.92 Å². The summed E-state index contributed by atoms with van der Waals surface area (Å²) in [6.07, 6.45) is 4.24. The van der Waals surface area contributed by atoms with Gasteiger partial charge in [-0.1, -0.05) is 41.4 Å². The Morgan fingerprint density at radius 2 is 2.00 bits per heavy atom. The molecule has 0 saturated heterocycles. The summed E-state index contributed by atoms with van der Waals surface area (Å²) in [6.45, 7) is 4.38. The molecule has 0 aromatic heterocycles. The minimum absolute atomic E-state index is 0.710. The van der Waals surface area contributed by atoms with E-state index in [1.807, 2.05) is 0 Å². The lowest BCUT2D eigenvalue weighted by atomic mass is 9.73. The molecule has 1 aromatic carbocycles. The van der Waals surface area contributed by atoms with Gasteiger partial charge in [0, 0.05) is 11.0 Å². The standard InChI is InChI=1S/C14H20BrN/c1-2-16-10-14(11-4-3-5-11)12-6-8-13(15)9-7-12/h6-9,11,14,16H,2-5,10H2,1H3. The van der Waals surface area contributed by atoms with Gasteiger partial charge < -0.3 is 5.32 Å². The van der Waals surface area contributed by atoms with Crippen molar-refractivity contribution in [2.75, 3.05) is 13.1 Å². The minimum Gasteiger partial charge on any atom is -0.316 e. The van der Waals surface area contributed by atoms with Crippen LogP contribution in [0.25, 0.3) is 0 Å². The van der Waals surface area contributed by atoms with Crippen LogP contribution in [-0.4, -0.2) is 13.1 Å². The van der Waals surface area contributed by atoms with Crippen LogP contribution in [-0.2, 0) is 0 Å². The molecule has 1 unspecified atom stereocenters. The molecule has 2 heteroatoms. The molecule has 0 bridgehead atoms. The van der Waals surface area contributed by atoms with Crippen molar-refractivity contribution in [2.45, 2.75) is 32.1 Å². The summed E-state index contributed by atoms with van der Waals surface area (Å²) in [4.78, 5) is 0. The largest absolute Gasteiger partial charge is 0.316 e. The number of likely N-dealkylation sites (N-methyl/N-ethyl adjacent to an activating group) is 1. The molecule has 1 aliphatic rings. The molecule has 1 atom stereocenters. The van der Waals surface area contributed by atoms with E-state index in [1.54, 1.807) is 0 Å². The lowest BCUT2D eigenvalue weighted by molar-refractivity contribution is 0.256. The van der Waals surface area contributed by atoms with Gasteiger partial charge in [-0.3, -0.25) is 0 Å². The summed E-state index contributed by atoms with van der Waals surface area (Å²) >= 11 is 3.50. The molecule has 0 aliphatic heterocycles. The molecule has 1 nitrogen and oxygen atoms in total. The first-order chi connectivity index (χ1) is 7.81. The van der Waals surface area contributed by atoms with Crippen LogP contribution >= 0.6 is 15.9 Å². The molecule has 1 saturated carbocycles. The Balaban J connectivity index is 2.07. The average molecular weight is 282 g/mol. The van der Waals surface area contributed by atoms with Gasteiger partial charge in [-0.15, -0.1) is 0 Å². The van der Waals surface area contributed by atoms with Crippen molar-refractivity contribution in [3.8, 4) is 0 Å². The highest BCUT2D eigenvalue weighted by Crippen LogP contribution is 2.39. The summed E-state index contributed by atoms with van der Waals surface area (Å²) in [5.41, 5.74) is 1.49. The lowest BCUT2D eigenvalue weighted by Gasteiger charge is -2.34. The van der Waals surface area contributed by atoms with Crippen molar-refractivity contribution < 1.29 is 0 Å². The van der Waals surface area contributed by atoms with Crippen molar-refractivity contribution in [3.63, 3.8) is 0 Å². The van der Waals surface area contributed by atoms with Gasteiger partial charge in [0.25, 0.3) is 0 Å². The molecule has 88 valence electrons. The molecule has 0 spiro atoms. The second-order valence-corrected chi connectivity index (χ2v) is 5.57. The van der Waals surface area contributed by atoms with E-state index in [1.165, 1.54) is 29.3 Å². The van der Waals surface area contributed by atoms with Gasteiger partial charge in [0.05, 0.1) is 0 Å². The van der Waals surface area contributed by atoms with Gasteiger partial charge in [-0.25, -0.2) is 0 Å². The van der Waals surface area contributed by atoms with Crippen LogP contribution < -0.4 is 5.32 Å². The zero-order valence-corrected chi connectivity index (χ0v) is 11.5. The van der Waals surface area contributed by atoms with Crippen molar-refractivity contribution in [1.82, 2.24) is 5.32 Å². The SMILES string of the molecule is CCNCC(c1ccc(Br)cc1)C1CCC1. The Hall–Kier alpha value is -0.340. The van der Waals surface area contributed by atoms with Crippen LogP contribution in [0.3, 0.4) is 0 Å². The first kappa shape index (κ1) is 12.1. The van der Waals surface area contributed by atoms with E-state index >= 15 is 0 Å². The Morgan fingerprint density at radius 3 is 2.50 bits per heavy atom. The Morgan fingerprint density at radius 1 is 1.31 bits per heavy atom. The second kappa shape index (κ2) is 5.83. The van der Waals surface area contributed by atoms with Crippen LogP contribution in [0.2, 0.25) is 0 Å². The number of nitrogens with one attached hydrogen (secondary N) is 1. The molecule has 1 aliphatic carbocycles. The normalized spacial score (nSPS) is 18.1. The first-order valence-electron chi connectivity index (χ1n) is 6.27. The molecule has 2 rings (SSSR count). The van der Waals surface area contributed by atoms with Gasteiger partial charge in [0.2, 0.25) is 0 Å². The molecular formula is C14H20BrN. The van der Waals surface area contributed by atoms with Crippen LogP contribution in [0.15, 0.2) is 28.7 Å².